The maximum Gasteiger partial charge on any atom is 0.326 e. The van der Waals surface area contributed by atoms with Crippen LogP contribution in [0, 0.1) is 0 Å². The number of phenols is 2. The van der Waals surface area contributed by atoms with Crippen LogP contribution in [0.25, 0.3) is 0 Å². The number of hydrogen-bond donors (Lipinski definition) is 10. The first-order valence-corrected chi connectivity index (χ1v) is 13.8. The van der Waals surface area contributed by atoms with Crippen LogP contribution in [0.1, 0.15) is 30.4 Å². The molecule has 0 saturated carbocycles. The van der Waals surface area contributed by atoms with E-state index in [2.05, 4.69) is 21.3 Å². The minimum atomic E-state index is -1.78. The van der Waals surface area contributed by atoms with Crippen molar-refractivity contribution in [2.45, 2.75) is 56.3 Å². The molecule has 0 aliphatic carbocycles. The number of aromatic hydroxyl groups is 2. The predicted molar refractivity (Wildman–Crippen MR) is 157 cm³/mol. The van der Waals surface area contributed by atoms with Crippen molar-refractivity contribution in [2.24, 2.45) is 5.73 Å². The number of carbonyl (C=O) groups is 7. The summed E-state index contributed by atoms with van der Waals surface area (Å²) in [5.74, 6) is -8.39. The minimum Gasteiger partial charge on any atom is -0.508 e. The zero-order valence-electron chi connectivity index (χ0n) is 24.3. The Morgan fingerprint density at radius 2 is 1.13 bits per heavy atom. The molecule has 2 aromatic rings. The fourth-order valence-corrected chi connectivity index (χ4v) is 4.06. The molecule has 0 fully saturated rings. The lowest BCUT2D eigenvalue weighted by molar-refractivity contribution is -0.143. The number of carboxylic acid groups (broad SMARTS) is 3. The summed E-state index contributed by atoms with van der Waals surface area (Å²) in [6, 6.07) is 5.32. The van der Waals surface area contributed by atoms with E-state index in [0.717, 1.165) is 0 Å². The zero-order valence-corrected chi connectivity index (χ0v) is 24.3. The van der Waals surface area contributed by atoms with Gasteiger partial charge in [0.25, 0.3) is 0 Å². The molecule has 248 valence electrons. The summed E-state index contributed by atoms with van der Waals surface area (Å²) in [5, 5.41) is 55.5. The number of benzene rings is 2. The van der Waals surface area contributed by atoms with E-state index < -0.39 is 91.5 Å². The first kappa shape index (κ1) is 36.5. The van der Waals surface area contributed by atoms with Gasteiger partial charge in [0.15, 0.2) is 0 Å². The van der Waals surface area contributed by atoms with E-state index >= 15 is 0 Å². The number of aliphatic carboxylic acids is 3. The van der Waals surface area contributed by atoms with E-state index in [0.29, 0.717) is 11.1 Å². The fourth-order valence-electron chi connectivity index (χ4n) is 4.06. The molecule has 0 bridgehead atoms. The topological polar surface area (TPSA) is 295 Å². The number of carboxylic acids is 3. The highest BCUT2D eigenvalue weighted by Gasteiger charge is 2.31. The highest BCUT2D eigenvalue weighted by molar-refractivity contribution is 5.96. The van der Waals surface area contributed by atoms with Gasteiger partial charge in [-0.05, 0) is 48.2 Å². The Balaban J connectivity index is 2.06. The van der Waals surface area contributed by atoms with Gasteiger partial charge < -0.3 is 52.5 Å². The Morgan fingerprint density at radius 1 is 0.630 bits per heavy atom. The summed E-state index contributed by atoms with van der Waals surface area (Å²) in [4.78, 5) is 85.3. The molecule has 4 amide bonds. The van der Waals surface area contributed by atoms with Crippen LogP contribution in [-0.4, -0.2) is 97.8 Å². The molecule has 46 heavy (non-hydrogen) atoms. The maximum absolute atomic E-state index is 13.0. The summed E-state index contributed by atoms with van der Waals surface area (Å²) in [6.45, 7) is -0.702. The molecule has 0 aromatic heterocycles. The summed E-state index contributed by atoms with van der Waals surface area (Å²) in [5.41, 5.74) is 6.90. The van der Waals surface area contributed by atoms with Crippen molar-refractivity contribution in [3.05, 3.63) is 59.7 Å². The van der Waals surface area contributed by atoms with Gasteiger partial charge in [-0.3, -0.25) is 28.8 Å². The second-order valence-corrected chi connectivity index (χ2v) is 10.2. The van der Waals surface area contributed by atoms with Gasteiger partial charge in [0.05, 0.1) is 19.0 Å². The molecule has 11 N–H and O–H groups in total. The van der Waals surface area contributed by atoms with Crippen LogP contribution in [0.2, 0.25) is 0 Å². The molecular formula is C29H35N5O12. The zero-order chi connectivity index (χ0) is 34.4. The number of hydrogen-bond acceptors (Lipinski definition) is 10. The van der Waals surface area contributed by atoms with Crippen molar-refractivity contribution in [1.82, 2.24) is 21.3 Å². The third kappa shape index (κ3) is 12.9. The Bertz CT molecular complexity index is 1410. The van der Waals surface area contributed by atoms with Gasteiger partial charge in [-0.15, -0.1) is 0 Å². The Morgan fingerprint density at radius 3 is 1.63 bits per heavy atom. The Kier molecular flexibility index (Phi) is 13.9. The number of phenolic OH excluding ortho intramolecular Hbond substituents is 2. The lowest BCUT2D eigenvalue weighted by Gasteiger charge is -2.24. The largest absolute Gasteiger partial charge is 0.508 e. The molecule has 0 aliphatic heterocycles. The van der Waals surface area contributed by atoms with Crippen molar-refractivity contribution < 1.29 is 59.1 Å². The average Bonchev–Trinajstić information content (AvgIpc) is 2.98. The number of rotatable bonds is 18. The van der Waals surface area contributed by atoms with E-state index in [-0.39, 0.29) is 24.3 Å². The smallest absolute Gasteiger partial charge is 0.326 e. The SMILES string of the molecule is N[C@@H](Cc1ccc(O)cc1)C(=O)NCC(=O)N[C@@H](CC(=O)O)C(=O)N[C@@H](CCC(=O)O)C(=O)N[C@@H](Cc1ccc(O)cc1)C(=O)O. The van der Waals surface area contributed by atoms with Gasteiger partial charge in [0, 0.05) is 12.8 Å². The molecular weight excluding hydrogens is 610 g/mol. The summed E-state index contributed by atoms with van der Waals surface area (Å²) in [7, 11) is 0. The van der Waals surface area contributed by atoms with Crippen molar-refractivity contribution >= 4 is 41.5 Å². The molecule has 0 heterocycles. The lowest BCUT2D eigenvalue weighted by Crippen LogP contribution is -2.57. The molecule has 0 unspecified atom stereocenters. The molecule has 0 radical (unpaired) electrons. The van der Waals surface area contributed by atoms with E-state index in [4.69, 9.17) is 10.8 Å². The second kappa shape index (κ2) is 17.6. The number of amides is 4. The van der Waals surface area contributed by atoms with Gasteiger partial charge in [-0.2, -0.15) is 0 Å². The van der Waals surface area contributed by atoms with Crippen molar-refractivity contribution in [2.75, 3.05) is 6.54 Å². The van der Waals surface area contributed by atoms with Gasteiger partial charge in [-0.25, -0.2) is 4.79 Å². The fraction of sp³-hybridized carbons (Fsp3) is 0.345. The standard InChI is InChI=1S/C29H35N5O12/c30-19(11-15-1-5-17(35)6-2-15)26(42)31-14-23(37)32-21(13-25(40)41)28(44)33-20(9-10-24(38)39)27(43)34-22(29(45)46)12-16-3-7-18(36)8-4-16/h1-8,19-22,35-36H,9-14,30H2,(H,31,42)(H,32,37)(H,33,44)(H,34,43)(H,38,39)(H,40,41)(H,45,46)/t19-,20-,21-,22-/m0/s1. The summed E-state index contributed by atoms with van der Waals surface area (Å²) in [6.07, 6.45) is -2.28. The van der Waals surface area contributed by atoms with Crippen LogP contribution >= 0.6 is 0 Å². The van der Waals surface area contributed by atoms with Crippen molar-refractivity contribution in [3.8, 4) is 11.5 Å². The number of nitrogens with one attached hydrogen (secondary N) is 4. The monoisotopic (exact) mass is 645 g/mol. The highest BCUT2D eigenvalue weighted by Crippen LogP contribution is 2.13. The van der Waals surface area contributed by atoms with E-state index in [1.807, 2.05) is 0 Å². The van der Waals surface area contributed by atoms with Gasteiger partial charge in [0.2, 0.25) is 23.6 Å². The van der Waals surface area contributed by atoms with E-state index in [9.17, 15) is 54.0 Å². The second-order valence-electron chi connectivity index (χ2n) is 10.2. The molecule has 0 spiro atoms. The van der Waals surface area contributed by atoms with Crippen LogP contribution < -0.4 is 27.0 Å². The third-order valence-corrected chi connectivity index (χ3v) is 6.45. The molecule has 17 heteroatoms. The highest BCUT2D eigenvalue weighted by atomic mass is 16.4. The Hall–Kier alpha value is -5.71. The molecule has 2 rings (SSSR count). The van der Waals surface area contributed by atoms with Gasteiger partial charge >= 0.3 is 17.9 Å². The summed E-state index contributed by atoms with van der Waals surface area (Å²) < 4.78 is 0. The van der Waals surface area contributed by atoms with Crippen molar-refractivity contribution in [3.63, 3.8) is 0 Å². The van der Waals surface area contributed by atoms with Gasteiger partial charge in [0.1, 0.15) is 29.6 Å². The molecule has 17 nitrogen and oxygen atoms in total. The van der Waals surface area contributed by atoms with Crippen molar-refractivity contribution in [1.29, 1.82) is 0 Å². The van der Waals surface area contributed by atoms with E-state index in [1.165, 1.54) is 36.4 Å². The average molecular weight is 646 g/mol. The predicted octanol–water partition coefficient (Wildman–Crippen LogP) is -1.79. The summed E-state index contributed by atoms with van der Waals surface area (Å²) >= 11 is 0. The third-order valence-electron chi connectivity index (χ3n) is 6.45. The number of carbonyl (C=O) groups excluding carboxylic acids is 4. The van der Waals surface area contributed by atoms with Crippen LogP contribution in [0.4, 0.5) is 0 Å². The molecule has 0 saturated heterocycles. The van der Waals surface area contributed by atoms with Crippen LogP contribution in [0.3, 0.4) is 0 Å². The van der Waals surface area contributed by atoms with Crippen LogP contribution in [0.5, 0.6) is 11.5 Å². The quantitative estimate of drug-likeness (QED) is 0.0857. The van der Waals surface area contributed by atoms with Crippen LogP contribution in [0.15, 0.2) is 48.5 Å². The number of nitrogens with two attached hydrogens (primary N) is 1. The first-order valence-electron chi connectivity index (χ1n) is 13.8. The minimum absolute atomic E-state index is 0.0160. The molecule has 2 aromatic carbocycles. The first-order chi connectivity index (χ1) is 21.6. The molecule has 0 aliphatic rings. The van der Waals surface area contributed by atoms with Crippen LogP contribution in [-0.2, 0) is 46.4 Å². The molecule has 4 atom stereocenters. The Labute approximate surface area is 261 Å². The van der Waals surface area contributed by atoms with E-state index in [1.54, 1.807) is 12.1 Å². The van der Waals surface area contributed by atoms with Gasteiger partial charge in [-0.1, -0.05) is 24.3 Å². The normalized spacial score (nSPS) is 13.2. The maximum atomic E-state index is 13.0. The lowest BCUT2D eigenvalue weighted by atomic mass is 10.0.